The summed E-state index contributed by atoms with van der Waals surface area (Å²) in [5.74, 6) is -1.83. The first-order valence-electron chi connectivity index (χ1n) is 9.60. The summed E-state index contributed by atoms with van der Waals surface area (Å²) >= 11 is 0. The van der Waals surface area contributed by atoms with Crippen LogP contribution in [0.3, 0.4) is 0 Å². The van der Waals surface area contributed by atoms with Crippen LogP contribution < -0.4 is 10.3 Å². The van der Waals surface area contributed by atoms with E-state index in [9.17, 15) is 27.5 Å². The van der Waals surface area contributed by atoms with Gasteiger partial charge in [0.05, 0.1) is 24.4 Å². The molecule has 2 aromatic carbocycles. The zero-order valence-corrected chi connectivity index (χ0v) is 17.5. The highest BCUT2D eigenvalue weighted by Gasteiger charge is 2.53. The monoisotopic (exact) mass is 451 g/mol. The number of halogens is 4. The summed E-state index contributed by atoms with van der Waals surface area (Å²) in [5, 5.41) is 14.9. The van der Waals surface area contributed by atoms with Crippen molar-refractivity contribution in [2.24, 2.45) is 12.0 Å². The van der Waals surface area contributed by atoms with E-state index in [0.717, 1.165) is 10.7 Å². The molecule has 0 aliphatic carbocycles. The van der Waals surface area contributed by atoms with Gasteiger partial charge in [-0.15, -0.1) is 0 Å². The second-order valence-electron chi connectivity index (χ2n) is 7.46. The summed E-state index contributed by atoms with van der Waals surface area (Å²) in [7, 11) is 2.66. The minimum atomic E-state index is -5.07. The molecule has 0 radical (unpaired) electrons. The van der Waals surface area contributed by atoms with E-state index in [-0.39, 0.29) is 27.8 Å². The van der Waals surface area contributed by atoms with E-state index >= 15 is 0 Å². The fourth-order valence-electron chi connectivity index (χ4n) is 3.48. The Bertz CT molecular complexity index is 1220. The van der Waals surface area contributed by atoms with E-state index in [0.29, 0.717) is 6.21 Å². The van der Waals surface area contributed by atoms with Crippen molar-refractivity contribution in [3.05, 3.63) is 64.3 Å². The number of nitrogens with zero attached hydrogens (tertiary/aromatic N) is 3. The second kappa shape index (κ2) is 8.70. The minimum absolute atomic E-state index is 0.0476. The third-order valence-electron chi connectivity index (χ3n) is 5.23. The Labute approximate surface area is 180 Å². The number of methoxy groups -OCH3 is 1. The molecule has 32 heavy (non-hydrogen) atoms. The molecule has 6 nitrogen and oxygen atoms in total. The van der Waals surface area contributed by atoms with Crippen LogP contribution in [-0.2, 0) is 7.05 Å². The molecule has 3 aromatic rings. The lowest BCUT2D eigenvalue weighted by Gasteiger charge is -2.30. The standard InChI is InChI=1S/C22H21F4N3O3/c1-13(14-6-4-8-17(23)19(14)32-3)10-21(31,22(24,25)26)12-27-18-9-5-7-15-16(18)11-28-29(2)20(15)30/h4-9,11-13,31H,10H2,1-3H3/t13-,21-/m1/s1. The number of hydrogen-bond donors (Lipinski definition) is 1. The SMILES string of the molecule is COc1c(F)cccc1[C@H](C)C[C@@](O)(C=Nc1cccc2c(=O)n(C)ncc12)C(F)(F)F. The van der Waals surface area contributed by atoms with Crippen molar-refractivity contribution in [1.29, 1.82) is 0 Å². The molecule has 10 heteroatoms. The molecular formula is C22H21F4N3O3. The molecule has 0 amide bonds. The fraction of sp³-hybridized carbons (Fsp3) is 0.318. The van der Waals surface area contributed by atoms with Gasteiger partial charge in [-0.2, -0.15) is 18.3 Å². The van der Waals surface area contributed by atoms with E-state index in [1.54, 1.807) is 0 Å². The highest BCUT2D eigenvalue weighted by molar-refractivity contribution is 5.93. The van der Waals surface area contributed by atoms with Gasteiger partial charge >= 0.3 is 6.18 Å². The van der Waals surface area contributed by atoms with Gasteiger partial charge in [-0.25, -0.2) is 9.07 Å². The van der Waals surface area contributed by atoms with Crippen LogP contribution in [0.25, 0.3) is 10.8 Å². The van der Waals surface area contributed by atoms with Crippen molar-refractivity contribution in [2.75, 3.05) is 7.11 Å². The number of hydrogen-bond acceptors (Lipinski definition) is 5. The van der Waals surface area contributed by atoms with Crippen molar-refractivity contribution in [3.63, 3.8) is 0 Å². The van der Waals surface area contributed by atoms with E-state index < -0.39 is 35.5 Å². The first-order valence-corrected chi connectivity index (χ1v) is 9.60. The number of aromatic nitrogens is 2. The van der Waals surface area contributed by atoms with Gasteiger partial charge in [-0.3, -0.25) is 9.79 Å². The predicted molar refractivity (Wildman–Crippen MR) is 112 cm³/mol. The number of para-hydroxylation sites is 1. The molecule has 0 unspecified atom stereocenters. The molecule has 0 saturated heterocycles. The van der Waals surface area contributed by atoms with Crippen molar-refractivity contribution in [1.82, 2.24) is 9.78 Å². The van der Waals surface area contributed by atoms with Crippen molar-refractivity contribution in [2.45, 2.75) is 31.0 Å². The Morgan fingerprint density at radius 3 is 2.56 bits per heavy atom. The third-order valence-corrected chi connectivity index (χ3v) is 5.23. The Morgan fingerprint density at radius 1 is 1.22 bits per heavy atom. The largest absolute Gasteiger partial charge is 0.493 e. The predicted octanol–water partition coefficient (Wildman–Crippen LogP) is 4.27. The molecule has 0 spiro atoms. The summed E-state index contributed by atoms with van der Waals surface area (Å²) in [6, 6.07) is 8.32. The van der Waals surface area contributed by atoms with E-state index in [1.807, 2.05) is 0 Å². The molecule has 170 valence electrons. The van der Waals surface area contributed by atoms with Gasteiger partial charge in [0.25, 0.3) is 5.56 Å². The van der Waals surface area contributed by atoms with E-state index in [4.69, 9.17) is 4.74 Å². The first-order chi connectivity index (χ1) is 15.0. The summed E-state index contributed by atoms with van der Waals surface area (Å²) in [5.41, 5.74) is -3.52. The minimum Gasteiger partial charge on any atom is -0.493 e. The number of aliphatic imine (C=N–C) groups is 1. The molecule has 0 aliphatic heterocycles. The third kappa shape index (κ3) is 4.36. The Balaban J connectivity index is 2.02. The van der Waals surface area contributed by atoms with Crippen LogP contribution in [0.4, 0.5) is 23.2 Å². The average Bonchev–Trinajstić information content (AvgIpc) is 2.73. The molecule has 0 fully saturated rings. The van der Waals surface area contributed by atoms with Crippen LogP contribution in [-0.4, -0.2) is 40.0 Å². The summed E-state index contributed by atoms with van der Waals surface area (Å²) in [4.78, 5) is 16.1. The van der Waals surface area contributed by atoms with Crippen LogP contribution in [0.2, 0.25) is 0 Å². The zero-order chi connectivity index (χ0) is 23.7. The molecule has 1 heterocycles. The summed E-state index contributed by atoms with van der Waals surface area (Å²) in [6.07, 6.45) is -4.17. The number of aliphatic hydroxyl groups is 1. The summed E-state index contributed by atoms with van der Waals surface area (Å²) < 4.78 is 61.7. The van der Waals surface area contributed by atoms with Crippen LogP contribution in [0.1, 0.15) is 24.8 Å². The lowest BCUT2D eigenvalue weighted by molar-refractivity contribution is -0.231. The maximum absolute atomic E-state index is 14.0. The smallest absolute Gasteiger partial charge is 0.422 e. The molecule has 0 aliphatic rings. The van der Waals surface area contributed by atoms with Gasteiger partial charge in [0.2, 0.25) is 0 Å². The van der Waals surface area contributed by atoms with Gasteiger partial charge in [0.15, 0.2) is 17.2 Å². The molecule has 1 N–H and O–H groups in total. The Morgan fingerprint density at radius 2 is 1.91 bits per heavy atom. The molecule has 0 bridgehead atoms. The highest BCUT2D eigenvalue weighted by Crippen LogP contribution is 2.40. The second-order valence-corrected chi connectivity index (χ2v) is 7.46. The van der Waals surface area contributed by atoms with Gasteiger partial charge in [-0.05, 0) is 30.5 Å². The molecule has 0 saturated carbocycles. The summed E-state index contributed by atoms with van der Waals surface area (Å²) in [6.45, 7) is 1.42. The normalized spacial score (nSPS) is 15.1. The topological polar surface area (TPSA) is 76.7 Å². The number of rotatable bonds is 6. The number of ether oxygens (including phenoxy) is 1. The molecule has 2 atom stereocenters. The number of aryl methyl sites for hydroxylation is 1. The van der Waals surface area contributed by atoms with Crippen LogP contribution >= 0.6 is 0 Å². The molecule has 1 aromatic heterocycles. The van der Waals surface area contributed by atoms with Gasteiger partial charge in [0.1, 0.15) is 0 Å². The van der Waals surface area contributed by atoms with Crippen molar-refractivity contribution in [3.8, 4) is 5.75 Å². The fourth-order valence-corrected chi connectivity index (χ4v) is 3.48. The highest BCUT2D eigenvalue weighted by atomic mass is 19.4. The maximum atomic E-state index is 14.0. The Kier molecular flexibility index (Phi) is 6.36. The average molecular weight is 451 g/mol. The van der Waals surface area contributed by atoms with Crippen LogP contribution in [0.15, 0.2) is 52.4 Å². The van der Waals surface area contributed by atoms with Crippen LogP contribution in [0.5, 0.6) is 5.75 Å². The first kappa shape index (κ1) is 23.4. The number of alkyl halides is 3. The lowest BCUT2D eigenvalue weighted by Crippen LogP contribution is -2.47. The van der Waals surface area contributed by atoms with E-state index in [1.165, 1.54) is 57.6 Å². The molecular weight excluding hydrogens is 430 g/mol. The molecule has 3 rings (SSSR count). The van der Waals surface area contributed by atoms with Gasteiger partial charge in [0, 0.05) is 24.2 Å². The maximum Gasteiger partial charge on any atom is 0.422 e. The lowest BCUT2D eigenvalue weighted by atomic mass is 9.86. The Hall–Kier alpha value is -3.27. The van der Waals surface area contributed by atoms with Crippen molar-refractivity contribution < 1.29 is 27.4 Å². The number of benzene rings is 2. The van der Waals surface area contributed by atoms with Gasteiger partial charge < -0.3 is 9.84 Å². The van der Waals surface area contributed by atoms with Crippen molar-refractivity contribution >= 4 is 22.7 Å². The quantitative estimate of drug-likeness (QED) is 0.449. The zero-order valence-electron chi connectivity index (χ0n) is 17.5. The van der Waals surface area contributed by atoms with Gasteiger partial charge in [-0.1, -0.05) is 25.1 Å². The number of fused-ring (bicyclic) bond motifs is 1. The van der Waals surface area contributed by atoms with Crippen LogP contribution in [0, 0.1) is 5.82 Å². The van der Waals surface area contributed by atoms with E-state index in [2.05, 4.69) is 10.1 Å².